The molecule has 0 fully saturated rings. The maximum absolute atomic E-state index is 13.3. The van der Waals surface area contributed by atoms with E-state index < -0.39 is 0 Å². The third-order valence-electron chi connectivity index (χ3n) is 4.00. The summed E-state index contributed by atoms with van der Waals surface area (Å²) in [7, 11) is 2.04. The number of nitrogens with zero attached hydrogens (tertiary/aromatic N) is 3. The zero-order valence-corrected chi connectivity index (χ0v) is 17.5. The molecule has 0 unspecified atom stereocenters. The number of benzene rings is 3. The first-order chi connectivity index (χ1) is 14.5. The Bertz CT molecular complexity index is 1000. The molecule has 0 saturated carbocycles. The lowest BCUT2D eigenvalue weighted by atomic mass is 10.2. The Labute approximate surface area is 180 Å². The van der Waals surface area contributed by atoms with Gasteiger partial charge >= 0.3 is 0 Å². The Balaban J connectivity index is 0.000000269. The number of carbonyl (C=O) groups is 1. The molecule has 0 amide bonds. The molecule has 0 N–H and O–H groups in total. The second-order valence-corrected chi connectivity index (χ2v) is 7.38. The molecule has 0 aliphatic heterocycles. The number of hydrogen-bond acceptors (Lipinski definition) is 5. The summed E-state index contributed by atoms with van der Waals surface area (Å²) in [6.45, 7) is 4.38. The van der Waals surface area contributed by atoms with Crippen LogP contribution in [0.25, 0.3) is 0 Å². The van der Waals surface area contributed by atoms with Gasteiger partial charge in [-0.2, -0.15) is 5.26 Å². The van der Waals surface area contributed by atoms with Gasteiger partial charge < -0.3 is 0 Å². The van der Waals surface area contributed by atoms with Crippen LogP contribution in [0.1, 0.15) is 21.5 Å². The molecule has 0 radical (unpaired) electrons. The van der Waals surface area contributed by atoms with Crippen LogP contribution in [-0.4, -0.2) is 30.8 Å². The monoisotopic (exact) mass is 419 g/mol. The fourth-order valence-electron chi connectivity index (χ4n) is 2.49. The number of rotatable bonds is 7. The number of aldehydes is 1. The SMILES string of the molecule is C=Nc1ccc(F)cc1SCN(C)Cc1ccccc1.N#Cc1ccc(C=O)cc1. The number of hydrogen-bond donors (Lipinski definition) is 0. The van der Waals surface area contributed by atoms with Gasteiger partial charge in [-0.05, 0) is 49.7 Å². The average Bonchev–Trinajstić information content (AvgIpc) is 2.79. The zero-order chi connectivity index (χ0) is 21.8. The van der Waals surface area contributed by atoms with Gasteiger partial charge in [0.15, 0.2) is 0 Å². The summed E-state index contributed by atoms with van der Waals surface area (Å²) in [6.07, 6.45) is 0.751. The standard InChI is InChI=1S/C16H17FN2S.C8H5NO/c1-18-15-9-8-14(17)10-16(15)20-12-19(2)11-13-6-4-3-5-7-13;9-5-7-1-3-8(6-10)4-2-7/h3-10H,1,11-12H2,2H3;1-4,6H. The van der Waals surface area contributed by atoms with Crippen LogP contribution in [-0.2, 0) is 6.54 Å². The number of nitriles is 1. The Kier molecular flexibility index (Phi) is 9.46. The third kappa shape index (κ3) is 7.63. The zero-order valence-electron chi connectivity index (χ0n) is 16.7. The highest BCUT2D eigenvalue weighted by Crippen LogP contribution is 2.30. The lowest BCUT2D eigenvalue weighted by molar-refractivity contribution is 0.112. The lowest BCUT2D eigenvalue weighted by Gasteiger charge is -2.16. The molecule has 0 atom stereocenters. The molecule has 0 bridgehead atoms. The van der Waals surface area contributed by atoms with E-state index in [0.717, 1.165) is 29.3 Å². The van der Waals surface area contributed by atoms with E-state index in [4.69, 9.17) is 5.26 Å². The first kappa shape index (κ1) is 23.0. The van der Waals surface area contributed by atoms with Gasteiger partial charge in [0.25, 0.3) is 0 Å². The highest BCUT2D eigenvalue weighted by atomic mass is 32.2. The van der Waals surface area contributed by atoms with Crippen LogP contribution in [0.15, 0.2) is 82.7 Å². The molecule has 0 aliphatic rings. The summed E-state index contributed by atoms with van der Waals surface area (Å²) < 4.78 is 13.3. The van der Waals surface area contributed by atoms with Gasteiger partial charge in [-0.15, -0.1) is 11.8 Å². The smallest absolute Gasteiger partial charge is 0.150 e. The fourth-order valence-corrected chi connectivity index (χ4v) is 3.42. The van der Waals surface area contributed by atoms with Crippen molar-refractivity contribution in [2.75, 3.05) is 12.9 Å². The van der Waals surface area contributed by atoms with Gasteiger partial charge in [-0.3, -0.25) is 14.7 Å². The maximum Gasteiger partial charge on any atom is 0.150 e. The fraction of sp³-hybridized carbons (Fsp3) is 0.125. The van der Waals surface area contributed by atoms with Crippen molar-refractivity contribution in [1.29, 1.82) is 5.26 Å². The Morgan fingerprint density at radius 1 is 1.13 bits per heavy atom. The highest BCUT2D eigenvalue weighted by molar-refractivity contribution is 7.99. The quantitative estimate of drug-likeness (QED) is 0.213. The van der Waals surface area contributed by atoms with E-state index in [2.05, 4.69) is 28.7 Å². The van der Waals surface area contributed by atoms with Crippen molar-refractivity contribution in [3.8, 4) is 6.07 Å². The second-order valence-electron chi connectivity index (χ2n) is 6.40. The van der Waals surface area contributed by atoms with Crippen molar-refractivity contribution in [2.45, 2.75) is 11.4 Å². The van der Waals surface area contributed by atoms with Gasteiger partial charge in [-0.1, -0.05) is 42.5 Å². The third-order valence-corrected chi connectivity index (χ3v) is 5.21. The second kappa shape index (κ2) is 12.3. The molecule has 3 aromatic rings. The predicted molar refractivity (Wildman–Crippen MR) is 121 cm³/mol. The van der Waals surface area contributed by atoms with E-state index in [-0.39, 0.29) is 5.82 Å². The number of aliphatic imine (C=N–C) groups is 1. The van der Waals surface area contributed by atoms with Gasteiger partial charge in [0.2, 0.25) is 0 Å². The van der Waals surface area contributed by atoms with Gasteiger partial charge in [0.05, 0.1) is 17.3 Å². The minimum Gasteiger partial charge on any atom is -0.298 e. The summed E-state index contributed by atoms with van der Waals surface area (Å²) >= 11 is 1.57. The van der Waals surface area contributed by atoms with Crippen LogP contribution in [0.4, 0.5) is 10.1 Å². The normalized spacial score (nSPS) is 9.93. The molecule has 0 aromatic heterocycles. The predicted octanol–water partition coefficient (Wildman–Crippen LogP) is 5.71. The molecule has 3 aromatic carbocycles. The van der Waals surface area contributed by atoms with Crippen molar-refractivity contribution < 1.29 is 9.18 Å². The highest BCUT2D eigenvalue weighted by Gasteiger charge is 2.06. The van der Waals surface area contributed by atoms with Crippen molar-refractivity contribution >= 4 is 30.5 Å². The van der Waals surface area contributed by atoms with Crippen LogP contribution < -0.4 is 0 Å². The molecule has 6 heteroatoms. The van der Waals surface area contributed by atoms with Crippen LogP contribution in [0.2, 0.25) is 0 Å². The molecular weight excluding hydrogens is 397 g/mol. The van der Waals surface area contributed by atoms with Crippen LogP contribution in [0.3, 0.4) is 0 Å². The summed E-state index contributed by atoms with van der Waals surface area (Å²) in [6, 6.07) is 23.3. The van der Waals surface area contributed by atoms with Crippen LogP contribution in [0, 0.1) is 17.1 Å². The van der Waals surface area contributed by atoms with Crippen molar-refractivity contribution in [3.63, 3.8) is 0 Å². The van der Waals surface area contributed by atoms with Crippen molar-refractivity contribution in [2.24, 2.45) is 4.99 Å². The summed E-state index contributed by atoms with van der Waals surface area (Å²) in [5.74, 6) is 0.520. The summed E-state index contributed by atoms with van der Waals surface area (Å²) in [5, 5.41) is 8.36. The van der Waals surface area contributed by atoms with Crippen LogP contribution in [0.5, 0.6) is 0 Å². The number of thioether (sulfide) groups is 1. The van der Waals surface area contributed by atoms with E-state index in [1.54, 1.807) is 42.1 Å². The molecule has 3 rings (SSSR count). The van der Waals surface area contributed by atoms with Gasteiger partial charge in [0, 0.05) is 22.9 Å². The number of halogens is 1. The van der Waals surface area contributed by atoms with Crippen LogP contribution >= 0.6 is 11.8 Å². The van der Waals surface area contributed by atoms with E-state index in [9.17, 15) is 9.18 Å². The van der Waals surface area contributed by atoms with E-state index >= 15 is 0 Å². The Hall–Kier alpha value is -3.27. The molecular formula is C24H22FN3OS. The first-order valence-electron chi connectivity index (χ1n) is 9.12. The topological polar surface area (TPSA) is 56.5 Å². The largest absolute Gasteiger partial charge is 0.298 e. The summed E-state index contributed by atoms with van der Waals surface area (Å²) in [5.41, 5.74) is 3.16. The molecule has 0 aliphatic carbocycles. The van der Waals surface area contributed by atoms with Gasteiger partial charge in [0.1, 0.15) is 12.1 Å². The molecule has 0 heterocycles. The maximum atomic E-state index is 13.3. The molecule has 0 saturated heterocycles. The van der Waals surface area contributed by atoms with E-state index in [1.165, 1.54) is 17.7 Å². The minimum atomic E-state index is -0.245. The molecule has 4 nitrogen and oxygen atoms in total. The molecule has 0 spiro atoms. The first-order valence-corrected chi connectivity index (χ1v) is 10.1. The lowest BCUT2D eigenvalue weighted by Crippen LogP contribution is -2.16. The number of carbonyl (C=O) groups excluding carboxylic acids is 1. The van der Waals surface area contributed by atoms with E-state index in [1.807, 2.05) is 31.3 Å². The Morgan fingerprint density at radius 3 is 2.43 bits per heavy atom. The van der Waals surface area contributed by atoms with Crippen molar-refractivity contribution in [1.82, 2.24) is 4.90 Å². The molecule has 30 heavy (non-hydrogen) atoms. The summed E-state index contributed by atoms with van der Waals surface area (Å²) in [4.78, 5) is 17.0. The Morgan fingerprint density at radius 2 is 1.83 bits per heavy atom. The van der Waals surface area contributed by atoms with Gasteiger partial charge in [-0.25, -0.2) is 4.39 Å². The minimum absolute atomic E-state index is 0.245. The molecule has 152 valence electrons. The van der Waals surface area contributed by atoms with Crippen molar-refractivity contribution in [3.05, 3.63) is 95.3 Å². The van der Waals surface area contributed by atoms with E-state index in [0.29, 0.717) is 11.1 Å². The average molecular weight is 420 g/mol.